The smallest absolute Gasteiger partial charge is 0.255 e. The number of aromatic nitrogens is 2. The highest BCUT2D eigenvalue weighted by Gasteiger charge is 2.26. The average Bonchev–Trinajstić information content (AvgIpc) is 3.20. The molecule has 2 aromatic rings. The van der Waals surface area contributed by atoms with E-state index in [0.717, 1.165) is 30.8 Å². The summed E-state index contributed by atoms with van der Waals surface area (Å²) in [6.07, 6.45) is 2.17. The van der Waals surface area contributed by atoms with Crippen molar-refractivity contribution in [3.8, 4) is 5.69 Å². The van der Waals surface area contributed by atoms with E-state index in [9.17, 15) is 4.79 Å². The molecule has 1 fully saturated rings. The topological polar surface area (TPSA) is 56.2 Å². The molecule has 0 bridgehead atoms. The zero-order valence-corrected chi connectivity index (χ0v) is 15.6. The fraction of sp³-hybridized carbons (Fsp3) is 0.474. The minimum absolute atomic E-state index is 0.102. The van der Waals surface area contributed by atoms with Crippen molar-refractivity contribution in [1.29, 1.82) is 0 Å². The molecule has 1 N–H and O–H groups in total. The Labute approximate surface area is 153 Å². The highest BCUT2D eigenvalue weighted by Crippen LogP contribution is 2.29. The number of benzene rings is 1. The second-order valence-corrected chi connectivity index (χ2v) is 7.12. The molecule has 134 valence electrons. The van der Waals surface area contributed by atoms with Gasteiger partial charge in [0.25, 0.3) is 5.91 Å². The number of carbonyl (C=O) groups is 1. The zero-order chi connectivity index (χ0) is 18.0. The predicted molar refractivity (Wildman–Crippen MR) is 98.7 cm³/mol. The number of aryl methyl sites for hydroxylation is 1. The zero-order valence-electron chi connectivity index (χ0n) is 14.9. The fourth-order valence-electron chi connectivity index (χ4n) is 3.27. The van der Waals surface area contributed by atoms with Crippen molar-refractivity contribution in [1.82, 2.24) is 15.1 Å². The molecule has 1 atom stereocenters. The van der Waals surface area contributed by atoms with Gasteiger partial charge in [0.05, 0.1) is 33.8 Å². The van der Waals surface area contributed by atoms with Gasteiger partial charge < -0.3 is 10.1 Å². The molecule has 2 heterocycles. The largest absolute Gasteiger partial charge is 0.376 e. The molecule has 1 aromatic heterocycles. The molecule has 1 aliphatic rings. The van der Waals surface area contributed by atoms with E-state index in [0.29, 0.717) is 22.8 Å². The van der Waals surface area contributed by atoms with Gasteiger partial charge in [0.1, 0.15) is 0 Å². The molecule has 1 amide bonds. The van der Waals surface area contributed by atoms with Crippen LogP contribution in [-0.2, 0) is 4.74 Å². The van der Waals surface area contributed by atoms with Crippen LogP contribution in [0.5, 0.6) is 0 Å². The van der Waals surface area contributed by atoms with Gasteiger partial charge in [0.15, 0.2) is 0 Å². The van der Waals surface area contributed by atoms with Crippen molar-refractivity contribution >= 4 is 17.5 Å². The maximum atomic E-state index is 12.8. The maximum Gasteiger partial charge on any atom is 0.255 e. The molecule has 3 rings (SSSR count). The monoisotopic (exact) mass is 361 g/mol. The van der Waals surface area contributed by atoms with Gasteiger partial charge in [0.2, 0.25) is 0 Å². The van der Waals surface area contributed by atoms with Gasteiger partial charge >= 0.3 is 0 Å². The molecule has 1 saturated heterocycles. The van der Waals surface area contributed by atoms with E-state index < -0.39 is 0 Å². The Morgan fingerprint density at radius 2 is 2.20 bits per heavy atom. The summed E-state index contributed by atoms with van der Waals surface area (Å²) in [4.78, 5) is 12.8. The lowest BCUT2D eigenvalue weighted by molar-refractivity contribution is 0.0856. The van der Waals surface area contributed by atoms with Crippen molar-refractivity contribution in [2.24, 2.45) is 0 Å². The van der Waals surface area contributed by atoms with Gasteiger partial charge in [-0.3, -0.25) is 4.79 Å². The fourth-order valence-corrected chi connectivity index (χ4v) is 3.48. The number of para-hydroxylation sites is 1. The summed E-state index contributed by atoms with van der Waals surface area (Å²) < 4.78 is 7.38. The van der Waals surface area contributed by atoms with Crippen molar-refractivity contribution in [2.45, 2.75) is 45.6 Å². The molecule has 6 heteroatoms. The quantitative estimate of drug-likeness (QED) is 0.879. The second-order valence-electron chi connectivity index (χ2n) is 6.71. The lowest BCUT2D eigenvalue weighted by atomic mass is 10.0. The predicted octanol–water partition coefficient (Wildman–Crippen LogP) is 3.87. The molecular weight excluding hydrogens is 338 g/mol. The van der Waals surface area contributed by atoms with Crippen LogP contribution in [0.2, 0.25) is 5.02 Å². The standard InChI is InChI=1S/C19H24ClN3O2/c1-12(2)18-17(19(24)21-11-14-7-6-10-25-14)13(3)22-23(18)16-9-5-4-8-15(16)20/h4-5,8-9,12,14H,6-7,10-11H2,1-3H3,(H,21,24). The Morgan fingerprint density at radius 1 is 1.44 bits per heavy atom. The second kappa shape index (κ2) is 7.58. The summed E-state index contributed by atoms with van der Waals surface area (Å²) in [5.74, 6) is 0.0240. The third-order valence-corrected chi connectivity index (χ3v) is 4.78. The minimum atomic E-state index is -0.102. The molecule has 25 heavy (non-hydrogen) atoms. The van der Waals surface area contributed by atoms with E-state index in [1.807, 2.05) is 31.2 Å². The lowest BCUT2D eigenvalue weighted by Crippen LogP contribution is -2.32. The summed E-state index contributed by atoms with van der Waals surface area (Å²) >= 11 is 6.35. The molecule has 0 spiro atoms. The summed E-state index contributed by atoms with van der Waals surface area (Å²) in [7, 11) is 0. The highest BCUT2D eigenvalue weighted by molar-refractivity contribution is 6.32. The Hall–Kier alpha value is -1.85. The molecule has 1 aromatic carbocycles. The molecular formula is C19H24ClN3O2. The summed E-state index contributed by atoms with van der Waals surface area (Å²) in [5.41, 5.74) is 2.99. The first-order valence-electron chi connectivity index (χ1n) is 8.73. The van der Waals surface area contributed by atoms with Crippen LogP contribution in [0, 0.1) is 6.92 Å². The van der Waals surface area contributed by atoms with Crippen molar-refractivity contribution in [3.63, 3.8) is 0 Å². The van der Waals surface area contributed by atoms with Gasteiger partial charge in [-0.2, -0.15) is 5.10 Å². The van der Waals surface area contributed by atoms with E-state index in [1.165, 1.54) is 0 Å². The number of rotatable bonds is 5. The van der Waals surface area contributed by atoms with E-state index in [1.54, 1.807) is 4.68 Å². The van der Waals surface area contributed by atoms with Gasteiger partial charge in [-0.1, -0.05) is 37.6 Å². The molecule has 5 nitrogen and oxygen atoms in total. The van der Waals surface area contributed by atoms with Crippen LogP contribution in [0.4, 0.5) is 0 Å². The number of halogens is 1. The number of carbonyl (C=O) groups excluding carboxylic acids is 1. The lowest BCUT2D eigenvalue weighted by Gasteiger charge is -2.15. The first kappa shape index (κ1) is 18.0. The highest BCUT2D eigenvalue weighted by atomic mass is 35.5. The number of hydrogen-bond donors (Lipinski definition) is 1. The number of nitrogens with one attached hydrogen (secondary N) is 1. The van der Waals surface area contributed by atoms with Crippen LogP contribution in [0.15, 0.2) is 24.3 Å². The van der Waals surface area contributed by atoms with Crippen LogP contribution in [0.3, 0.4) is 0 Å². The number of ether oxygens (including phenoxy) is 1. The van der Waals surface area contributed by atoms with Crippen LogP contribution in [0.25, 0.3) is 5.69 Å². The van der Waals surface area contributed by atoms with Crippen molar-refractivity contribution in [2.75, 3.05) is 13.2 Å². The molecule has 1 aliphatic heterocycles. The van der Waals surface area contributed by atoms with Crippen molar-refractivity contribution in [3.05, 3.63) is 46.2 Å². The minimum Gasteiger partial charge on any atom is -0.376 e. The van der Waals surface area contributed by atoms with Crippen LogP contribution < -0.4 is 5.32 Å². The summed E-state index contributed by atoms with van der Waals surface area (Å²) in [6.45, 7) is 7.29. The number of hydrogen-bond acceptors (Lipinski definition) is 3. The maximum absolute atomic E-state index is 12.8. The third kappa shape index (κ3) is 3.72. The number of amides is 1. The molecule has 0 radical (unpaired) electrons. The van der Waals surface area contributed by atoms with Gasteiger partial charge in [-0.25, -0.2) is 4.68 Å². The first-order chi connectivity index (χ1) is 12.0. The third-order valence-electron chi connectivity index (χ3n) is 4.46. The average molecular weight is 362 g/mol. The van der Waals surface area contributed by atoms with Crippen LogP contribution in [0.1, 0.15) is 54.4 Å². The molecule has 0 saturated carbocycles. The van der Waals surface area contributed by atoms with Gasteiger partial charge in [0, 0.05) is 13.2 Å². The number of nitrogens with zero attached hydrogens (tertiary/aromatic N) is 2. The Bertz CT molecular complexity index is 764. The first-order valence-corrected chi connectivity index (χ1v) is 9.11. The molecule has 1 unspecified atom stereocenters. The van der Waals surface area contributed by atoms with E-state index in [2.05, 4.69) is 24.3 Å². The van der Waals surface area contributed by atoms with Crippen LogP contribution >= 0.6 is 11.6 Å². The Morgan fingerprint density at radius 3 is 2.84 bits per heavy atom. The SMILES string of the molecule is Cc1nn(-c2ccccc2Cl)c(C(C)C)c1C(=O)NCC1CCCO1. The Kier molecular flexibility index (Phi) is 5.45. The van der Waals surface area contributed by atoms with E-state index >= 15 is 0 Å². The van der Waals surface area contributed by atoms with E-state index in [-0.39, 0.29) is 17.9 Å². The van der Waals surface area contributed by atoms with E-state index in [4.69, 9.17) is 16.3 Å². The summed E-state index contributed by atoms with van der Waals surface area (Å²) in [6, 6.07) is 7.54. The van der Waals surface area contributed by atoms with Gasteiger partial charge in [-0.15, -0.1) is 0 Å². The summed E-state index contributed by atoms with van der Waals surface area (Å²) in [5, 5.41) is 8.22. The van der Waals surface area contributed by atoms with Gasteiger partial charge in [-0.05, 0) is 37.8 Å². The molecule has 0 aliphatic carbocycles. The van der Waals surface area contributed by atoms with Crippen molar-refractivity contribution < 1.29 is 9.53 Å². The Balaban J connectivity index is 1.93. The van der Waals surface area contributed by atoms with Crippen LogP contribution in [-0.4, -0.2) is 34.9 Å². The normalized spacial score (nSPS) is 17.2.